The van der Waals surface area contributed by atoms with Crippen LogP contribution in [0.25, 0.3) is 10.9 Å². The molecule has 0 spiro atoms. The first-order valence-corrected chi connectivity index (χ1v) is 11.9. The van der Waals surface area contributed by atoms with Crippen molar-refractivity contribution in [2.24, 2.45) is 13.0 Å². The molecular formula is C24H24Cl4N2O2. The maximum atomic E-state index is 11.0. The molecule has 0 radical (unpaired) electrons. The monoisotopic (exact) mass is 512 g/mol. The number of hydrogen-bond acceptors (Lipinski definition) is 2. The van der Waals surface area contributed by atoms with Gasteiger partial charge in [-0.05, 0) is 60.6 Å². The summed E-state index contributed by atoms with van der Waals surface area (Å²) in [6.45, 7) is 0.551. The van der Waals surface area contributed by atoms with E-state index in [1.54, 1.807) is 6.07 Å². The summed E-state index contributed by atoms with van der Waals surface area (Å²) >= 11 is 25.9. The topological polar surface area (TPSA) is 51.1 Å². The van der Waals surface area contributed by atoms with Crippen LogP contribution in [-0.2, 0) is 29.5 Å². The first-order valence-electron chi connectivity index (χ1n) is 10.4. The molecule has 0 fully saturated rings. The molecule has 2 aromatic carbocycles. The molecule has 0 aliphatic heterocycles. The molecule has 1 atom stereocenters. The molecule has 3 rings (SSSR count). The van der Waals surface area contributed by atoms with Crippen molar-refractivity contribution in [1.82, 2.24) is 9.88 Å². The number of aryl methyl sites for hydroxylation is 2. The second-order valence-electron chi connectivity index (χ2n) is 7.86. The maximum Gasteiger partial charge on any atom is 0.207 e. The van der Waals surface area contributed by atoms with Crippen molar-refractivity contribution in [3.63, 3.8) is 0 Å². The van der Waals surface area contributed by atoms with Gasteiger partial charge in [-0.25, -0.2) is 0 Å². The Morgan fingerprint density at radius 2 is 1.81 bits per heavy atom. The standard InChI is InChI=1S/C24H24Cl4N2O2/c1-30-18(12-19-22(27)10-17(25)11-23(19)30)13-20-21(26)5-4-16(24(20)28)3-2-15(7-9-31)6-8-29-14-32/h4-5,9-12,14-15H,2-3,6-8,13H2,1H3,(H,29,32). The molecule has 1 heterocycles. The molecule has 0 saturated carbocycles. The van der Waals surface area contributed by atoms with Crippen LogP contribution in [0.5, 0.6) is 0 Å². The van der Waals surface area contributed by atoms with E-state index < -0.39 is 0 Å². The van der Waals surface area contributed by atoms with E-state index in [4.69, 9.17) is 46.4 Å². The highest BCUT2D eigenvalue weighted by molar-refractivity contribution is 6.38. The number of benzene rings is 2. The Morgan fingerprint density at radius 1 is 1.03 bits per heavy atom. The molecule has 170 valence electrons. The van der Waals surface area contributed by atoms with E-state index in [9.17, 15) is 9.59 Å². The number of carbonyl (C=O) groups is 2. The van der Waals surface area contributed by atoms with Crippen LogP contribution in [0.15, 0.2) is 30.3 Å². The maximum absolute atomic E-state index is 11.0. The van der Waals surface area contributed by atoms with Gasteiger partial charge in [0.2, 0.25) is 6.41 Å². The predicted molar refractivity (Wildman–Crippen MR) is 133 cm³/mol. The Balaban J connectivity index is 1.83. The number of aromatic nitrogens is 1. The highest BCUT2D eigenvalue weighted by Gasteiger charge is 2.17. The zero-order chi connectivity index (χ0) is 23.3. The minimum absolute atomic E-state index is 0.181. The van der Waals surface area contributed by atoms with Crippen LogP contribution in [0.4, 0.5) is 0 Å². The lowest BCUT2D eigenvalue weighted by molar-refractivity contribution is -0.109. The summed E-state index contributed by atoms with van der Waals surface area (Å²) < 4.78 is 2.05. The average Bonchev–Trinajstić information content (AvgIpc) is 3.06. The number of amides is 1. The summed E-state index contributed by atoms with van der Waals surface area (Å²) in [7, 11) is 1.97. The fraction of sp³-hybridized carbons (Fsp3) is 0.333. The van der Waals surface area contributed by atoms with Gasteiger partial charge in [0.1, 0.15) is 6.29 Å². The Bertz CT molecular complexity index is 1130. The van der Waals surface area contributed by atoms with E-state index >= 15 is 0 Å². The number of carbonyl (C=O) groups excluding carboxylic acids is 2. The Kier molecular flexibility index (Phi) is 8.89. The normalized spacial score (nSPS) is 12.2. The second kappa shape index (κ2) is 11.4. The zero-order valence-electron chi connectivity index (χ0n) is 17.6. The number of aldehydes is 1. The zero-order valence-corrected chi connectivity index (χ0v) is 20.7. The number of hydrogen-bond donors (Lipinski definition) is 1. The fourth-order valence-electron chi connectivity index (χ4n) is 3.98. The molecular weight excluding hydrogens is 490 g/mol. The summed E-state index contributed by atoms with van der Waals surface area (Å²) in [5.74, 6) is 0.181. The second-order valence-corrected chi connectivity index (χ2v) is 9.49. The van der Waals surface area contributed by atoms with Gasteiger partial charge in [0.25, 0.3) is 0 Å². The molecule has 1 aromatic heterocycles. The molecule has 0 bridgehead atoms. The molecule has 0 saturated heterocycles. The van der Waals surface area contributed by atoms with E-state index in [0.29, 0.717) is 45.9 Å². The molecule has 3 aromatic rings. The van der Waals surface area contributed by atoms with Crippen molar-refractivity contribution in [3.05, 3.63) is 67.2 Å². The van der Waals surface area contributed by atoms with Gasteiger partial charge in [-0.15, -0.1) is 0 Å². The summed E-state index contributed by atoms with van der Waals surface area (Å²) in [6.07, 6.45) is 4.87. The number of halogens is 4. The van der Waals surface area contributed by atoms with Crippen LogP contribution in [0, 0.1) is 5.92 Å². The lowest BCUT2D eigenvalue weighted by Gasteiger charge is -2.16. The van der Waals surface area contributed by atoms with Crippen molar-refractivity contribution in [2.45, 2.75) is 32.1 Å². The summed E-state index contributed by atoms with van der Waals surface area (Å²) in [5.41, 5.74) is 3.81. The third-order valence-electron chi connectivity index (χ3n) is 5.83. The number of nitrogens with one attached hydrogen (secondary N) is 1. The van der Waals surface area contributed by atoms with Crippen LogP contribution >= 0.6 is 46.4 Å². The molecule has 4 nitrogen and oxygen atoms in total. The average molecular weight is 514 g/mol. The molecule has 8 heteroatoms. The van der Waals surface area contributed by atoms with E-state index in [-0.39, 0.29) is 5.92 Å². The van der Waals surface area contributed by atoms with E-state index in [1.165, 1.54) is 0 Å². The van der Waals surface area contributed by atoms with Crippen LogP contribution in [0.2, 0.25) is 20.1 Å². The Morgan fingerprint density at radius 3 is 2.53 bits per heavy atom. The van der Waals surface area contributed by atoms with Crippen LogP contribution in [0.1, 0.15) is 36.1 Å². The van der Waals surface area contributed by atoms with E-state index in [1.807, 2.05) is 35.9 Å². The third kappa shape index (κ3) is 5.79. The van der Waals surface area contributed by atoms with Gasteiger partial charge in [-0.1, -0.05) is 52.5 Å². The van der Waals surface area contributed by atoms with E-state index in [2.05, 4.69) is 5.32 Å². The Hall–Kier alpha value is -1.72. The SMILES string of the molecule is Cn1c(Cc2c(Cl)ccc(CCC(CC=O)CCNC=O)c2Cl)cc2c(Cl)cc(Cl)cc21. The Labute approximate surface area is 207 Å². The molecule has 0 aliphatic rings. The van der Waals surface area contributed by atoms with Crippen molar-refractivity contribution in [2.75, 3.05) is 6.54 Å². The lowest BCUT2D eigenvalue weighted by atomic mass is 9.93. The predicted octanol–water partition coefficient (Wildman–Crippen LogP) is 6.66. The van der Waals surface area contributed by atoms with Gasteiger partial charge < -0.3 is 14.7 Å². The summed E-state index contributed by atoms with van der Waals surface area (Å²) in [6, 6.07) is 9.46. The highest BCUT2D eigenvalue weighted by atomic mass is 35.5. The van der Waals surface area contributed by atoms with Crippen molar-refractivity contribution in [1.29, 1.82) is 0 Å². The third-order valence-corrected chi connectivity index (χ3v) is 7.19. The van der Waals surface area contributed by atoms with Gasteiger partial charge in [0.05, 0.1) is 10.5 Å². The number of rotatable bonds is 11. The van der Waals surface area contributed by atoms with E-state index in [0.717, 1.165) is 53.3 Å². The molecule has 0 aliphatic carbocycles. The summed E-state index contributed by atoms with van der Waals surface area (Å²) in [5, 5.41) is 6.02. The van der Waals surface area contributed by atoms with Crippen molar-refractivity contribution < 1.29 is 9.59 Å². The number of fused-ring (bicyclic) bond motifs is 1. The highest BCUT2D eigenvalue weighted by Crippen LogP contribution is 2.35. The summed E-state index contributed by atoms with van der Waals surface area (Å²) in [4.78, 5) is 21.5. The quantitative estimate of drug-likeness (QED) is 0.230. The van der Waals surface area contributed by atoms with Crippen molar-refractivity contribution >= 4 is 70.0 Å². The molecule has 1 N–H and O–H groups in total. The van der Waals surface area contributed by atoms with Crippen molar-refractivity contribution in [3.8, 4) is 0 Å². The fourth-order valence-corrected chi connectivity index (χ4v) is 5.12. The first kappa shape index (κ1) is 24.9. The minimum atomic E-state index is 0.181. The smallest absolute Gasteiger partial charge is 0.207 e. The van der Waals surface area contributed by atoms with Crippen LogP contribution in [0.3, 0.4) is 0 Å². The number of nitrogens with zero attached hydrogens (tertiary/aromatic N) is 1. The minimum Gasteiger partial charge on any atom is -0.359 e. The molecule has 1 unspecified atom stereocenters. The van der Waals surface area contributed by atoms with Gasteiger partial charge in [0, 0.05) is 52.6 Å². The molecule has 32 heavy (non-hydrogen) atoms. The largest absolute Gasteiger partial charge is 0.359 e. The lowest BCUT2D eigenvalue weighted by Crippen LogP contribution is -2.17. The first-order chi connectivity index (χ1) is 15.3. The van der Waals surface area contributed by atoms with Gasteiger partial charge in [-0.2, -0.15) is 0 Å². The van der Waals surface area contributed by atoms with Gasteiger partial charge >= 0.3 is 0 Å². The molecule has 1 amide bonds. The van der Waals surface area contributed by atoms with Gasteiger partial charge in [-0.3, -0.25) is 4.79 Å². The van der Waals surface area contributed by atoms with Crippen LogP contribution < -0.4 is 5.32 Å². The van der Waals surface area contributed by atoms with Gasteiger partial charge in [0.15, 0.2) is 0 Å². The van der Waals surface area contributed by atoms with Crippen LogP contribution in [-0.4, -0.2) is 23.8 Å².